The molecule has 1 atom stereocenters. The van der Waals surface area contributed by atoms with Gasteiger partial charge in [-0.2, -0.15) is 0 Å². The first-order chi connectivity index (χ1) is 10.8. The average molecular weight is 315 g/mol. The summed E-state index contributed by atoms with van der Waals surface area (Å²) >= 11 is 1.92. The van der Waals surface area contributed by atoms with E-state index in [9.17, 15) is 0 Å². The molecule has 3 heterocycles. The van der Waals surface area contributed by atoms with Crippen molar-refractivity contribution in [3.05, 3.63) is 16.8 Å². The highest BCUT2D eigenvalue weighted by Crippen LogP contribution is 2.41. The third-order valence-electron chi connectivity index (χ3n) is 5.59. The number of nitrogens with zero attached hydrogens (tertiary/aromatic N) is 3. The summed E-state index contributed by atoms with van der Waals surface area (Å²) in [4.78, 5) is 14.6. The molecule has 1 saturated heterocycles. The minimum atomic E-state index is 0.857. The monoisotopic (exact) mass is 315 g/mol. The lowest BCUT2D eigenvalue weighted by Crippen LogP contribution is -2.33. The van der Waals surface area contributed by atoms with Crippen molar-refractivity contribution in [2.75, 3.05) is 18.0 Å². The van der Waals surface area contributed by atoms with E-state index in [-0.39, 0.29) is 0 Å². The Morgan fingerprint density at radius 3 is 2.82 bits per heavy atom. The molecule has 0 aromatic carbocycles. The van der Waals surface area contributed by atoms with E-state index in [1.54, 1.807) is 16.8 Å². The van der Waals surface area contributed by atoms with Crippen molar-refractivity contribution < 1.29 is 0 Å². The molecule has 4 rings (SSSR count). The van der Waals surface area contributed by atoms with Crippen molar-refractivity contribution in [1.82, 2.24) is 9.97 Å². The summed E-state index contributed by atoms with van der Waals surface area (Å²) in [6, 6.07) is 0. The molecule has 0 N–H and O–H groups in total. The van der Waals surface area contributed by atoms with E-state index in [4.69, 9.17) is 4.98 Å². The first-order valence-electron chi connectivity index (χ1n) is 8.76. The van der Waals surface area contributed by atoms with Crippen LogP contribution in [0.3, 0.4) is 0 Å². The molecule has 1 aliphatic carbocycles. The molecule has 0 bridgehead atoms. The lowest BCUT2D eigenvalue weighted by molar-refractivity contribution is 0.436. The van der Waals surface area contributed by atoms with E-state index in [0.29, 0.717) is 0 Å². The maximum atomic E-state index is 4.70. The van der Waals surface area contributed by atoms with Gasteiger partial charge in [-0.25, -0.2) is 9.97 Å². The first kappa shape index (κ1) is 14.4. The van der Waals surface area contributed by atoms with Crippen molar-refractivity contribution in [1.29, 1.82) is 0 Å². The standard InChI is InChI=1S/C18H25N3S/c1-3-13-4-5-14-15(10-13)22-18-16(14)17(19-11-20-18)21-8-6-12(2)7-9-21/h11-13H,3-10H2,1-2H3/t13-/m0/s1. The zero-order valence-corrected chi connectivity index (χ0v) is 14.5. The number of aryl methyl sites for hydroxylation is 1. The highest BCUT2D eigenvalue weighted by atomic mass is 32.1. The number of thiophene rings is 1. The molecule has 4 heteroatoms. The van der Waals surface area contributed by atoms with Gasteiger partial charge in [-0.3, -0.25) is 0 Å². The van der Waals surface area contributed by atoms with Crippen LogP contribution in [-0.2, 0) is 12.8 Å². The molecule has 0 spiro atoms. The van der Waals surface area contributed by atoms with Gasteiger partial charge in [-0.05, 0) is 49.5 Å². The van der Waals surface area contributed by atoms with E-state index in [1.165, 1.54) is 54.6 Å². The Morgan fingerprint density at radius 1 is 1.23 bits per heavy atom. The Kier molecular flexibility index (Phi) is 3.81. The van der Waals surface area contributed by atoms with Crippen LogP contribution in [0.25, 0.3) is 10.2 Å². The maximum Gasteiger partial charge on any atom is 0.141 e. The van der Waals surface area contributed by atoms with Crippen LogP contribution in [0.15, 0.2) is 6.33 Å². The van der Waals surface area contributed by atoms with Crippen LogP contribution >= 0.6 is 11.3 Å². The summed E-state index contributed by atoms with van der Waals surface area (Å²) in [7, 11) is 0. The van der Waals surface area contributed by atoms with E-state index in [1.807, 2.05) is 11.3 Å². The van der Waals surface area contributed by atoms with Crippen LogP contribution in [-0.4, -0.2) is 23.1 Å². The molecule has 0 saturated carbocycles. The van der Waals surface area contributed by atoms with Crippen molar-refractivity contribution >= 4 is 27.4 Å². The zero-order valence-electron chi connectivity index (χ0n) is 13.6. The molecule has 0 amide bonds. The van der Waals surface area contributed by atoms with Gasteiger partial charge in [0.1, 0.15) is 17.0 Å². The number of rotatable bonds is 2. The highest BCUT2D eigenvalue weighted by molar-refractivity contribution is 7.19. The summed E-state index contributed by atoms with van der Waals surface area (Å²) in [6.07, 6.45) is 9.46. The lowest BCUT2D eigenvalue weighted by atomic mass is 9.86. The summed E-state index contributed by atoms with van der Waals surface area (Å²) in [5.74, 6) is 2.94. The van der Waals surface area contributed by atoms with Gasteiger partial charge >= 0.3 is 0 Å². The molecule has 0 radical (unpaired) electrons. The van der Waals surface area contributed by atoms with Gasteiger partial charge in [-0.15, -0.1) is 11.3 Å². The smallest absolute Gasteiger partial charge is 0.141 e. The van der Waals surface area contributed by atoms with Crippen LogP contribution in [0.1, 0.15) is 50.0 Å². The molecular formula is C18H25N3S. The number of aromatic nitrogens is 2. The molecule has 0 unspecified atom stereocenters. The second-order valence-electron chi connectivity index (χ2n) is 7.07. The number of piperidine rings is 1. The van der Waals surface area contributed by atoms with Gasteiger partial charge in [0.15, 0.2) is 0 Å². The second kappa shape index (κ2) is 5.80. The van der Waals surface area contributed by atoms with Crippen LogP contribution < -0.4 is 4.90 Å². The molecule has 2 aromatic rings. The molecule has 22 heavy (non-hydrogen) atoms. The Bertz CT molecular complexity index is 670. The van der Waals surface area contributed by atoms with Gasteiger partial charge in [0.05, 0.1) is 5.39 Å². The fourth-order valence-corrected chi connectivity index (χ4v) is 5.27. The number of fused-ring (bicyclic) bond motifs is 3. The average Bonchev–Trinajstić information content (AvgIpc) is 2.93. The molecule has 3 nitrogen and oxygen atoms in total. The molecule has 1 aliphatic heterocycles. The van der Waals surface area contributed by atoms with Crippen molar-refractivity contribution in [3.8, 4) is 0 Å². The largest absolute Gasteiger partial charge is 0.356 e. The molecule has 1 fully saturated rings. The SMILES string of the molecule is CC[C@H]1CCc2c(sc3ncnc(N4CCC(C)CC4)c23)C1. The van der Waals surface area contributed by atoms with Gasteiger partial charge in [0, 0.05) is 18.0 Å². The fourth-order valence-electron chi connectivity index (χ4n) is 3.97. The zero-order chi connectivity index (χ0) is 15.1. The van der Waals surface area contributed by atoms with Crippen LogP contribution in [0.5, 0.6) is 0 Å². The van der Waals surface area contributed by atoms with Crippen LogP contribution in [0.2, 0.25) is 0 Å². The third-order valence-corrected chi connectivity index (χ3v) is 6.75. The normalized spacial score (nSPS) is 23.0. The second-order valence-corrected chi connectivity index (χ2v) is 8.15. The van der Waals surface area contributed by atoms with E-state index in [2.05, 4.69) is 23.7 Å². The summed E-state index contributed by atoms with van der Waals surface area (Å²) in [5.41, 5.74) is 1.57. The predicted molar refractivity (Wildman–Crippen MR) is 93.8 cm³/mol. The minimum Gasteiger partial charge on any atom is -0.356 e. The van der Waals surface area contributed by atoms with E-state index in [0.717, 1.165) is 24.9 Å². The summed E-state index contributed by atoms with van der Waals surface area (Å²) in [6.45, 7) is 6.98. The predicted octanol–water partition coefficient (Wildman–Crippen LogP) is 4.44. The van der Waals surface area contributed by atoms with Gasteiger partial charge in [-0.1, -0.05) is 20.3 Å². The van der Waals surface area contributed by atoms with Crippen molar-refractivity contribution in [3.63, 3.8) is 0 Å². The molecule has 2 aliphatic rings. The Hall–Kier alpha value is -1.16. The quantitative estimate of drug-likeness (QED) is 0.820. The molecule has 118 valence electrons. The summed E-state index contributed by atoms with van der Waals surface area (Å²) < 4.78 is 0. The maximum absolute atomic E-state index is 4.70. The first-order valence-corrected chi connectivity index (χ1v) is 9.58. The highest BCUT2D eigenvalue weighted by Gasteiger charge is 2.26. The van der Waals surface area contributed by atoms with Crippen LogP contribution in [0.4, 0.5) is 5.82 Å². The Balaban J connectivity index is 1.75. The fraction of sp³-hybridized carbons (Fsp3) is 0.667. The van der Waals surface area contributed by atoms with E-state index < -0.39 is 0 Å². The van der Waals surface area contributed by atoms with Gasteiger partial charge in [0.2, 0.25) is 0 Å². The van der Waals surface area contributed by atoms with Gasteiger partial charge < -0.3 is 4.90 Å². The van der Waals surface area contributed by atoms with Crippen molar-refractivity contribution in [2.24, 2.45) is 11.8 Å². The molecular weight excluding hydrogens is 290 g/mol. The van der Waals surface area contributed by atoms with Gasteiger partial charge in [0.25, 0.3) is 0 Å². The van der Waals surface area contributed by atoms with E-state index >= 15 is 0 Å². The van der Waals surface area contributed by atoms with Crippen LogP contribution in [0, 0.1) is 11.8 Å². The number of hydrogen-bond acceptors (Lipinski definition) is 4. The third kappa shape index (κ3) is 2.41. The molecule has 2 aromatic heterocycles. The Labute approximate surface area is 136 Å². The number of anilines is 1. The summed E-state index contributed by atoms with van der Waals surface area (Å²) in [5, 5.41) is 1.38. The lowest BCUT2D eigenvalue weighted by Gasteiger charge is -2.32. The minimum absolute atomic E-state index is 0.857. The topological polar surface area (TPSA) is 29.0 Å². The number of hydrogen-bond donors (Lipinski definition) is 0. The Morgan fingerprint density at radius 2 is 2.05 bits per heavy atom. The van der Waals surface area contributed by atoms with Crippen molar-refractivity contribution in [2.45, 2.75) is 52.4 Å².